The Bertz CT molecular complexity index is 397. The third kappa shape index (κ3) is 3.36. The molecule has 0 aliphatic carbocycles. The molecule has 1 unspecified atom stereocenters. The van der Waals surface area contributed by atoms with E-state index in [1.54, 1.807) is 0 Å². The monoisotopic (exact) mass is 234 g/mol. The van der Waals surface area contributed by atoms with E-state index >= 15 is 0 Å². The van der Waals surface area contributed by atoms with Gasteiger partial charge in [-0.3, -0.25) is 0 Å². The summed E-state index contributed by atoms with van der Waals surface area (Å²) < 4.78 is 22.0. The van der Waals surface area contributed by atoms with Crippen LogP contribution in [0.5, 0.6) is 0 Å². The maximum absolute atomic E-state index is 11.0. The Hall–Kier alpha value is -0.460. The Kier molecular flexibility index (Phi) is 3.63. The van der Waals surface area contributed by atoms with Crippen molar-refractivity contribution >= 4 is 21.2 Å². The van der Waals surface area contributed by atoms with Crippen molar-refractivity contribution in [2.75, 3.05) is 13.3 Å². The first-order chi connectivity index (χ1) is 6.42. The summed E-state index contributed by atoms with van der Waals surface area (Å²) in [7, 11) is -1.12. The van der Waals surface area contributed by atoms with Gasteiger partial charge in [-0.2, -0.15) is 0 Å². The van der Waals surface area contributed by atoms with E-state index in [4.69, 9.17) is 0 Å². The number of thiazole rings is 1. The number of sulfone groups is 1. The van der Waals surface area contributed by atoms with Gasteiger partial charge in [-0.15, -0.1) is 11.3 Å². The summed E-state index contributed by atoms with van der Waals surface area (Å²) in [4.78, 5) is 4.24. The zero-order chi connectivity index (χ0) is 10.8. The van der Waals surface area contributed by atoms with Gasteiger partial charge < -0.3 is 5.32 Å². The molecule has 1 rings (SSSR count). The molecule has 0 radical (unpaired) electrons. The number of nitrogens with zero attached hydrogens (tertiary/aromatic N) is 1. The summed E-state index contributed by atoms with van der Waals surface area (Å²) in [6.07, 6.45) is 1.22. The molecule has 0 spiro atoms. The summed E-state index contributed by atoms with van der Waals surface area (Å²) in [6, 6.07) is 0.166. The van der Waals surface area contributed by atoms with E-state index in [0.29, 0.717) is 5.01 Å². The average Bonchev–Trinajstić information content (AvgIpc) is 2.48. The number of rotatable bonds is 4. The van der Waals surface area contributed by atoms with Crippen molar-refractivity contribution in [3.63, 3.8) is 0 Å². The largest absolute Gasteiger partial charge is 0.312 e. The first-order valence-electron chi connectivity index (χ1n) is 4.21. The van der Waals surface area contributed by atoms with Crippen molar-refractivity contribution in [1.29, 1.82) is 0 Å². The van der Waals surface area contributed by atoms with Crippen molar-refractivity contribution in [2.24, 2.45) is 0 Å². The van der Waals surface area contributed by atoms with Gasteiger partial charge in [0, 0.05) is 17.7 Å². The molecular weight excluding hydrogens is 220 g/mol. The predicted octanol–water partition coefficient (Wildman–Crippen LogP) is 0.968. The van der Waals surface area contributed by atoms with Crippen molar-refractivity contribution in [1.82, 2.24) is 10.3 Å². The Labute approximate surface area is 88.3 Å². The van der Waals surface area contributed by atoms with Crippen LogP contribution in [-0.2, 0) is 15.6 Å². The van der Waals surface area contributed by atoms with Gasteiger partial charge in [-0.05, 0) is 14.0 Å². The van der Waals surface area contributed by atoms with Gasteiger partial charge in [-0.25, -0.2) is 13.4 Å². The lowest BCUT2D eigenvalue weighted by Gasteiger charge is -2.04. The summed E-state index contributed by atoms with van der Waals surface area (Å²) in [6.45, 7) is 1.99. The van der Waals surface area contributed by atoms with Gasteiger partial charge in [0.15, 0.2) is 9.84 Å². The fraction of sp³-hybridized carbons (Fsp3) is 0.625. The van der Waals surface area contributed by atoms with Gasteiger partial charge in [0.05, 0.1) is 5.69 Å². The molecule has 0 aliphatic heterocycles. The lowest BCUT2D eigenvalue weighted by molar-refractivity contribution is 0.600. The Morgan fingerprint density at radius 1 is 1.64 bits per heavy atom. The quantitative estimate of drug-likeness (QED) is 0.843. The van der Waals surface area contributed by atoms with Gasteiger partial charge in [0.2, 0.25) is 0 Å². The molecule has 1 N–H and O–H groups in total. The lowest BCUT2D eigenvalue weighted by Crippen LogP contribution is -2.12. The Morgan fingerprint density at radius 2 is 2.29 bits per heavy atom. The molecule has 1 aromatic rings. The highest BCUT2D eigenvalue weighted by molar-refractivity contribution is 7.90. The fourth-order valence-electron chi connectivity index (χ4n) is 0.962. The molecule has 0 aliphatic rings. The molecule has 1 aromatic heterocycles. The molecule has 0 aromatic carbocycles. The first kappa shape index (κ1) is 11.6. The zero-order valence-electron chi connectivity index (χ0n) is 8.44. The SMILES string of the molecule is CNC(C)c1csc(CS(C)(=O)=O)n1. The minimum absolute atomic E-state index is 0.0358. The van der Waals surface area contributed by atoms with Crippen molar-refractivity contribution < 1.29 is 8.42 Å². The van der Waals surface area contributed by atoms with Crippen LogP contribution in [0.3, 0.4) is 0 Å². The van der Waals surface area contributed by atoms with Crippen LogP contribution in [0.25, 0.3) is 0 Å². The molecule has 6 heteroatoms. The third-order valence-corrected chi connectivity index (χ3v) is 3.68. The number of aromatic nitrogens is 1. The smallest absolute Gasteiger partial charge is 0.153 e. The summed E-state index contributed by atoms with van der Waals surface area (Å²) >= 11 is 1.39. The topological polar surface area (TPSA) is 59.1 Å². The van der Waals surface area contributed by atoms with Crippen LogP contribution in [0.1, 0.15) is 23.7 Å². The van der Waals surface area contributed by atoms with Gasteiger partial charge in [0.1, 0.15) is 10.8 Å². The second kappa shape index (κ2) is 4.37. The van der Waals surface area contributed by atoms with E-state index in [1.807, 2.05) is 19.4 Å². The van der Waals surface area contributed by atoms with Crippen LogP contribution in [0.2, 0.25) is 0 Å². The standard InChI is InChI=1S/C8H14N2O2S2/c1-6(9-2)7-4-13-8(10-7)5-14(3,11)12/h4,6,9H,5H2,1-3H3. The molecule has 14 heavy (non-hydrogen) atoms. The maximum Gasteiger partial charge on any atom is 0.153 e. The van der Waals surface area contributed by atoms with Gasteiger partial charge in [-0.1, -0.05) is 0 Å². The zero-order valence-corrected chi connectivity index (χ0v) is 10.1. The molecule has 0 saturated heterocycles. The van der Waals surface area contributed by atoms with Crippen LogP contribution in [0.15, 0.2) is 5.38 Å². The summed E-state index contributed by atoms with van der Waals surface area (Å²) in [5, 5.41) is 5.60. The van der Waals surface area contributed by atoms with Crippen LogP contribution >= 0.6 is 11.3 Å². The second-order valence-electron chi connectivity index (χ2n) is 3.25. The molecule has 0 fully saturated rings. The summed E-state index contributed by atoms with van der Waals surface area (Å²) in [5.41, 5.74) is 0.899. The van der Waals surface area contributed by atoms with Gasteiger partial charge in [0.25, 0.3) is 0 Å². The molecule has 0 bridgehead atoms. The molecule has 1 heterocycles. The molecule has 4 nitrogen and oxygen atoms in total. The lowest BCUT2D eigenvalue weighted by atomic mass is 10.3. The van der Waals surface area contributed by atoms with E-state index < -0.39 is 9.84 Å². The molecular formula is C8H14N2O2S2. The molecule has 0 saturated carbocycles. The molecule has 80 valence electrons. The van der Waals surface area contributed by atoms with E-state index in [0.717, 1.165) is 5.69 Å². The van der Waals surface area contributed by atoms with Crippen LogP contribution in [0.4, 0.5) is 0 Å². The normalized spacial score (nSPS) is 14.2. The fourth-order valence-corrected chi connectivity index (χ4v) is 3.06. The van der Waals surface area contributed by atoms with E-state index in [9.17, 15) is 8.42 Å². The summed E-state index contributed by atoms with van der Waals surface area (Å²) in [5.74, 6) is 0.0358. The first-order valence-corrected chi connectivity index (χ1v) is 7.15. The molecule has 0 amide bonds. The van der Waals surface area contributed by atoms with Gasteiger partial charge >= 0.3 is 0 Å². The highest BCUT2D eigenvalue weighted by atomic mass is 32.2. The average molecular weight is 234 g/mol. The number of hydrogen-bond acceptors (Lipinski definition) is 5. The van der Waals surface area contributed by atoms with Crippen LogP contribution < -0.4 is 5.32 Å². The van der Waals surface area contributed by atoms with Crippen molar-refractivity contribution in [2.45, 2.75) is 18.7 Å². The van der Waals surface area contributed by atoms with E-state index in [-0.39, 0.29) is 11.8 Å². The van der Waals surface area contributed by atoms with Crippen LogP contribution in [0, 0.1) is 0 Å². The number of hydrogen-bond donors (Lipinski definition) is 1. The second-order valence-corrected chi connectivity index (χ2v) is 6.33. The molecule has 1 atom stereocenters. The third-order valence-electron chi connectivity index (χ3n) is 1.83. The number of nitrogens with one attached hydrogen (secondary N) is 1. The van der Waals surface area contributed by atoms with E-state index in [2.05, 4.69) is 10.3 Å². The van der Waals surface area contributed by atoms with E-state index in [1.165, 1.54) is 17.6 Å². The van der Waals surface area contributed by atoms with Crippen molar-refractivity contribution in [3.8, 4) is 0 Å². The predicted molar refractivity (Wildman–Crippen MR) is 58.1 cm³/mol. The van der Waals surface area contributed by atoms with Crippen molar-refractivity contribution in [3.05, 3.63) is 16.1 Å². The Balaban J connectivity index is 2.79. The highest BCUT2D eigenvalue weighted by Crippen LogP contribution is 2.17. The Morgan fingerprint density at radius 3 is 2.79 bits per heavy atom. The van der Waals surface area contributed by atoms with Crippen LogP contribution in [-0.4, -0.2) is 26.7 Å². The highest BCUT2D eigenvalue weighted by Gasteiger charge is 2.11. The minimum atomic E-state index is -2.97. The minimum Gasteiger partial charge on any atom is -0.312 e. The maximum atomic E-state index is 11.0.